The Morgan fingerprint density at radius 1 is 0.912 bits per heavy atom. The minimum Gasteiger partial charge on any atom is -0.508 e. The Morgan fingerprint density at radius 2 is 1.47 bits per heavy atom. The van der Waals surface area contributed by atoms with Gasteiger partial charge >= 0.3 is 5.97 Å². The van der Waals surface area contributed by atoms with E-state index in [9.17, 15) is 34.5 Å². The molecular formula is C22H34N4O8. The average Bonchev–Trinajstić information content (AvgIpc) is 2.76. The number of carboxylic acid groups (broad SMARTS) is 1. The Kier molecular flexibility index (Phi) is 11.4. The Balaban J connectivity index is 2.96. The van der Waals surface area contributed by atoms with E-state index in [1.165, 1.54) is 31.2 Å². The molecule has 5 unspecified atom stereocenters. The molecule has 0 fully saturated rings. The fourth-order valence-electron chi connectivity index (χ4n) is 3.05. The number of aliphatic hydroxyl groups excluding tert-OH is 2. The van der Waals surface area contributed by atoms with Crippen molar-refractivity contribution in [1.29, 1.82) is 0 Å². The van der Waals surface area contributed by atoms with E-state index in [0.29, 0.717) is 5.56 Å². The lowest BCUT2D eigenvalue weighted by atomic mass is 10.0. The molecule has 0 aliphatic carbocycles. The van der Waals surface area contributed by atoms with Crippen LogP contribution in [0.3, 0.4) is 0 Å². The van der Waals surface area contributed by atoms with Crippen LogP contribution in [-0.4, -0.2) is 81.0 Å². The maximum atomic E-state index is 12.8. The third-order valence-corrected chi connectivity index (χ3v) is 4.93. The Bertz CT molecular complexity index is 844. The smallest absolute Gasteiger partial charge is 0.326 e. The van der Waals surface area contributed by atoms with Gasteiger partial charge in [0.1, 0.15) is 29.9 Å². The number of aliphatic hydroxyl groups is 2. The molecule has 3 amide bonds. The molecule has 0 spiro atoms. The topological polar surface area (TPSA) is 211 Å². The van der Waals surface area contributed by atoms with Gasteiger partial charge in [-0.1, -0.05) is 26.0 Å². The number of phenolic OH excluding ortho intramolecular Hbond substituents is 1. The number of carbonyl (C=O) groups excluding carboxylic acids is 3. The van der Waals surface area contributed by atoms with Gasteiger partial charge in [0.15, 0.2) is 0 Å². The first-order chi connectivity index (χ1) is 15.8. The fourth-order valence-corrected chi connectivity index (χ4v) is 3.05. The fraction of sp³-hybridized carbons (Fsp3) is 0.545. The van der Waals surface area contributed by atoms with Crippen molar-refractivity contribution in [2.45, 2.75) is 63.9 Å². The van der Waals surface area contributed by atoms with E-state index in [0.717, 1.165) is 0 Å². The number of carbonyl (C=O) groups is 4. The molecule has 12 heteroatoms. The van der Waals surface area contributed by atoms with E-state index >= 15 is 0 Å². The Labute approximate surface area is 197 Å². The van der Waals surface area contributed by atoms with Gasteiger partial charge in [-0.05, 0) is 37.0 Å². The molecule has 1 aromatic carbocycles. The van der Waals surface area contributed by atoms with Crippen molar-refractivity contribution in [3.63, 3.8) is 0 Å². The van der Waals surface area contributed by atoms with Gasteiger partial charge in [0.05, 0.1) is 12.7 Å². The monoisotopic (exact) mass is 482 g/mol. The first kappa shape index (κ1) is 28.8. The number of hydrogen-bond donors (Lipinski definition) is 8. The van der Waals surface area contributed by atoms with Gasteiger partial charge in [0.2, 0.25) is 17.7 Å². The Hall–Kier alpha value is -3.22. The van der Waals surface area contributed by atoms with Gasteiger partial charge < -0.3 is 42.1 Å². The van der Waals surface area contributed by atoms with Crippen LogP contribution >= 0.6 is 0 Å². The highest BCUT2D eigenvalue weighted by Crippen LogP contribution is 2.12. The predicted octanol–water partition coefficient (Wildman–Crippen LogP) is -1.78. The summed E-state index contributed by atoms with van der Waals surface area (Å²) in [7, 11) is 0. The summed E-state index contributed by atoms with van der Waals surface area (Å²) in [5.41, 5.74) is 6.01. The van der Waals surface area contributed by atoms with Crippen LogP contribution in [0.2, 0.25) is 0 Å². The highest BCUT2D eigenvalue weighted by molar-refractivity contribution is 5.94. The number of nitrogens with two attached hydrogens (primary N) is 1. The largest absolute Gasteiger partial charge is 0.508 e. The number of phenols is 1. The van der Waals surface area contributed by atoms with Crippen LogP contribution in [0.1, 0.15) is 32.8 Å². The summed E-state index contributed by atoms with van der Waals surface area (Å²) in [5.74, 6) is -3.85. The summed E-state index contributed by atoms with van der Waals surface area (Å²) < 4.78 is 0. The normalized spacial score (nSPS) is 15.5. The lowest BCUT2D eigenvalue weighted by Crippen LogP contribution is -2.60. The Morgan fingerprint density at radius 3 is 1.94 bits per heavy atom. The number of aromatic hydroxyl groups is 1. The van der Waals surface area contributed by atoms with Crippen LogP contribution in [0, 0.1) is 5.92 Å². The SMILES string of the molecule is CC(C)CC(NC(=O)C(N)CO)C(=O)NC(C(=O)NC(Cc1ccc(O)cc1)C(=O)O)C(C)O. The summed E-state index contributed by atoms with van der Waals surface area (Å²) in [5, 5.41) is 45.1. The molecule has 9 N–H and O–H groups in total. The number of hydrogen-bond acceptors (Lipinski definition) is 8. The molecule has 0 heterocycles. The van der Waals surface area contributed by atoms with Gasteiger partial charge in [0, 0.05) is 6.42 Å². The summed E-state index contributed by atoms with van der Waals surface area (Å²) in [4.78, 5) is 49.3. The quantitative estimate of drug-likeness (QED) is 0.159. The molecule has 34 heavy (non-hydrogen) atoms. The number of aliphatic carboxylic acids is 1. The van der Waals surface area contributed by atoms with Gasteiger partial charge in [0.25, 0.3) is 0 Å². The van der Waals surface area contributed by atoms with Crippen molar-refractivity contribution in [3.8, 4) is 5.75 Å². The van der Waals surface area contributed by atoms with Crippen LogP contribution in [0.5, 0.6) is 5.75 Å². The standard InChI is InChI=1S/C22H34N4O8/c1-11(2)8-16(24-19(30)15(23)10-27)20(31)26-18(12(3)28)21(32)25-17(22(33)34)9-13-4-6-14(29)7-5-13/h4-7,11-12,15-18,27-29H,8-10,23H2,1-3H3,(H,24,30)(H,25,32)(H,26,31)(H,33,34). The van der Waals surface area contributed by atoms with Gasteiger partial charge in [-0.3, -0.25) is 14.4 Å². The van der Waals surface area contributed by atoms with Crippen LogP contribution in [0.25, 0.3) is 0 Å². The summed E-state index contributed by atoms with van der Waals surface area (Å²) >= 11 is 0. The summed E-state index contributed by atoms with van der Waals surface area (Å²) in [6.07, 6.45) is -1.31. The van der Waals surface area contributed by atoms with Crippen molar-refractivity contribution in [1.82, 2.24) is 16.0 Å². The van der Waals surface area contributed by atoms with Gasteiger partial charge in [-0.15, -0.1) is 0 Å². The molecular weight excluding hydrogens is 448 g/mol. The summed E-state index contributed by atoms with van der Waals surface area (Å²) in [6, 6.07) is 0.530. The molecule has 1 rings (SSSR count). The maximum absolute atomic E-state index is 12.8. The molecule has 1 aromatic rings. The summed E-state index contributed by atoms with van der Waals surface area (Å²) in [6.45, 7) is 4.23. The molecule has 0 saturated heterocycles. The van der Waals surface area contributed by atoms with Crippen LogP contribution in [-0.2, 0) is 25.6 Å². The minimum absolute atomic E-state index is 0.000435. The third kappa shape index (κ3) is 9.33. The van der Waals surface area contributed by atoms with Gasteiger partial charge in [-0.2, -0.15) is 0 Å². The first-order valence-electron chi connectivity index (χ1n) is 10.8. The lowest BCUT2D eigenvalue weighted by molar-refractivity contribution is -0.143. The molecule has 5 atom stereocenters. The van der Waals surface area contributed by atoms with Crippen molar-refractivity contribution in [2.24, 2.45) is 11.7 Å². The van der Waals surface area contributed by atoms with Crippen molar-refractivity contribution in [3.05, 3.63) is 29.8 Å². The molecule has 12 nitrogen and oxygen atoms in total. The van der Waals surface area contributed by atoms with Crippen LogP contribution in [0.4, 0.5) is 0 Å². The highest BCUT2D eigenvalue weighted by Gasteiger charge is 2.33. The van der Waals surface area contributed by atoms with E-state index < -0.39 is 60.6 Å². The second kappa shape index (κ2) is 13.5. The molecule has 190 valence electrons. The average molecular weight is 483 g/mol. The van der Waals surface area contributed by atoms with E-state index in [4.69, 9.17) is 10.8 Å². The molecule has 0 aromatic heterocycles. The molecule has 0 saturated carbocycles. The number of nitrogens with one attached hydrogen (secondary N) is 3. The predicted molar refractivity (Wildman–Crippen MR) is 121 cm³/mol. The van der Waals surface area contributed by atoms with E-state index in [-0.39, 0.29) is 24.5 Å². The van der Waals surface area contributed by atoms with E-state index in [1.54, 1.807) is 13.8 Å². The zero-order valence-corrected chi connectivity index (χ0v) is 19.4. The first-order valence-corrected chi connectivity index (χ1v) is 10.8. The molecule has 0 aliphatic rings. The molecule has 0 bridgehead atoms. The third-order valence-electron chi connectivity index (χ3n) is 4.93. The van der Waals surface area contributed by atoms with E-state index in [1.807, 2.05) is 0 Å². The number of rotatable bonds is 13. The molecule has 0 aliphatic heterocycles. The maximum Gasteiger partial charge on any atom is 0.326 e. The van der Waals surface area contributed by atoms with Crippen molar-refractivity contribution < 1.29 is 39.6 Å². The van der Waals surface area contributed by atoms with Crippen LogP contribution < -0.4 is 21.7 Å². The minimum atomic E-state index is -1.51. The second-order valence-corrected chi connectivity index (χ2v) is 8.48. The van der Waals surface area contributed by atoms with E-state index in [2.05, 4.69) is 16.0 Å². The number of amides is 3. The second-order valence-electron chi connectivity index (χ2n) is 8.48. The lowest BCUT2D eigenvalue weighted by Gasteiger charge is -2.27. The zero-order chi connectivity index (χ0) is 26.0. The highest BCUT2D eigenvalue weighted by atomic mass is 16.4. The van der Waals surface area contributed by atoms with Crippen LogP contribution in [0.15, 0.2) is 24.3 Å². The van der Waals surface area contributed by atoms with Gasteiger partial charge in [-0.25, -0.2) is 4.79 Å². The van der Waals surface area contributed by atoms with Crippen molar-refractivity contribution in [2.75, 3.05) is 6.61 Å². The van der Waals surface area contributed by atoms with Crippen molar-refractivity contribution >= 4 is 23.7 Å². The number of carboxylic acids is 1. The molecule has 0 radical (unpaired) electrons. The zero-order valence-electron chi connectivity index (χ0n) is 19.4. The number of benzene rings is 1.